The molecule has 5 heteroatoms. The minimum atomic E-state index is -0.631. The monoisotopic (exact) mass is 612 g/mol. The molecule has 0 aromatic heterocycles. The Morgan fingerprint density at radius 2 is 1.24 bits per heavy atom. The van der Waals surface area contributed by atoms with E-state index in [2.05, 4.69) is 87.7 Å². The molecular weight excluding hydrogens is 560 g/mol. The Morgan fingerprint density at radius 1 is 0.711 bits per heavy atom. The Labute approximate surface area is 270 Å². The van der Waals surface area contributed by atoms with Crippen LogP contribution in [0.3, 0.4) is 0 Å². The van der Waals surface area contributed by atoms with E-state index in [1.807, 2.05) is 0 Å². The van der Waals surface area contributed by atoms with Gasteiger partial charge in [0.25, 0.3) is 0 Å². The standard InChI is InChI=1S/C40H52O5/c1-6-8-9-10-33-19-21-38-25-35(20-22-37(38)24-33)17-14-32-12-15-34(16-13-32)23-31(7-2)11-18-36(27-44-39(42)29(3)4)28-45-40(43)30(5)26-41/h12-13,15-16,19-22,24-25,31,36,41H,3,5-11,14,17-18,23,26-28H2,1-2,4H3. The number of hydrogen-bond acceptors (Lipinski definition) is 5. The Morgan fingerprint density at radius 3 is 1.82 bits per heavy atom. The third-order valence-electron chi connectivity index (χ3n) is 8.58. The van der Waals surface area contributed by atoms with Crippen LogP contribution in [0.1, 0.15) is 81.5 Å². The first kappa shape index (κ1) is 35.8. The van der Waals surface area contributed by atoms with Gasteiger partial charge in [0.1, 0.15) is 0 Å². The van der Waals surface area contributed by atoms with Crippen LogP contribution in [-0.4, -0.2) is 36.9 Å². The molecule has 5 nitrogen and oxygen atoms in total. The van der Waals surface area contributed by atoms with Crippen LogP contribution in [-0.2, 0) is 44.7 Å². The number of unbranched alkanes of at least 4 members (excludes halogenated alkanes) is 2. The quantitative estimate of drug-likeness (QED) is 0.0787. The van der Waals surface area contributed by atoms with Crippen LogP contribution in [0.25, 0.3) is 10.8 Å². The topological polar surface area (TPSA) is 72.8 Å². The van der Waals surface area contributed by atoms with E-state index < -0.39 is 18.5 Å². The van der Waals surface area contributed by atoms with Crippen molar-refractivity contribution in [2.24, 2.45) is 11.8 Å². The molecule has 0 radical (unpaired) electrons. The molecule has 0 aliphatic rings. The lowest BCUT2D eigenvalue weighted by molar-refractivity contribution is -0.144. The summed E-state index contributed by atoms with van der Waals surface area (Å²) in [7, 11) is 0. The highest BCUT2D eigenvalue weighted by Gasteiger charge is 2.19. The number of fused-ring (bicyclic) bond motifs is 1. The average Bonchev–Trinajstić information content (AvgIpc) is 3.06. The van der Waals surface area contributed by atoms with E-state index in [4.69, 9.17) is 14.6 Å². The molecular formula is C40H52O5. The molecule has 0 aliphatic heterocycles. The summed E-state index contributed by atoms with van der Waals surface area (Å²) in [5.74, 6) is -0.787. The van der Waals surface area contributed by atoms with Gasteiger partial charge in [-0.15, -0.1) is 0 Å². The second-order valence-corrected chi connectivity index (χ2v) is 12.5. The maximum Gasteiger partial charge on any atom is 0.335 e. The van der Waals surface area contributed by atoms with Gasteiger partial charge < -0.3 is 14.6 Å². The van der Waals surface area contributed by atoms with Crippen molar-refractivity contribution in [1.29, 1.82) is 0 Å². The molecule has 1 N–H and O–H groups in total. The molecule has 0 heterocycles. The third kappa shape index (κ3) is 12.3. The molecule has 2 unspecified atom stereocenters. The molecule has 3 rings (SSSR count). The normalized spacial score (nSPS) is 12.4. The van der Waals surface area contributed by atoms with Gasteiger partial charge in [0.15, 0.2) is 0 Å². The van der Waals surface area contributed by atoms with Crippen LogP contribution in [0.4, 0.5) is 0 Å². The number of carbonyl (C=O) groups excluding carboxylic acids is 2. The number of esters is 2. The molecule has 242 valence electrons. The zero-order valence-corrected chi connectivity index (χ0v) is 27.6. The minimum Gasteiger partial charge on any atom is -0.462 e. The van der Waals surface area contributed by atoms with Gasteiger partial charge in [-0.05, 0) is 90.8 Å². The summed E-state index contributed by atoms with van der Waals surface area (Å²) < 4.78 is 10.7. The van der Waals surface area contributed by atoms with E-state index in [-0.39, 0.29) is 24.7 Å². The molecule has 0 bridgehead atoms. The molecule has 3 aromatic rings. The SMILES string of the molecule is C=C(C)C(=O)OCC(CCC(CC)Cc1ccc(CCc2ccc3cc(CCCCC)ccc3c2)cc1)COC(=O)C(=C)CO. The predicted octanol–water partition coefficient (Wildman–Crippen LogP) is 8.53. The van der Waals surface area contributed by atoms with E-state index in [1.165, 1.54) is 52.3 Å². The smallest absolute Gasteiger partial charge is 0.335 e. The lowest BCUT2D eigenvalue weighted by Crippen LogP contribution is -2.23. The summed E-state index contributed by atoms with van der Waals surface area (Å²) in [6.45, 7) is 13.0. The van der Waals surface area contributed by atoms with Crippen molar-refractivity contribution in [3.05, 3.63) is 107 Å². The lowest BCUT2D eigenvalue weighted by Gasteiger charge is -2.21. The Balaban J connectivity index is 1.51. The average molecular weight is 613 g/mol. The van der Waals surface area contributed by atoms with Crippen molar-refractivity contribution in [2.75, 3.05) is 19.8 Å². The van der Waals surface area contributed by atoms with Crippen molar-refractivity contribution >= 4 is 22.7 Å². The van der Waals surface area contributed by atoms with E-state index in [1.54, 1.807) is 6.92 Å². The molecule has 2 atom stereocenters. The fourth-order valence-electron chi connectivity index (χ4n) is 5.51. The molecule has 45 heavy (non-hydrogen) atoms. The van der Waals surface area contributed by atoms with Gasteiger partial charge in [0.2, 0.25) is 0 Å². The van der Waals surface area contributed by atoms with Crippen LogP contribution < -0.4 is 0 Å². The highest BCUT2D eigenvalue weighted by Crippen LogP contribution is 2.23. The summed E-state index contributed by atoms with van der Waals surface area (Å²) in [5.41, 5.74) is 5.78. The number of hydrogen-bond donors (Lipinski definition) is 1. The van der Waals surface area contributed by atoms with Crippen LogP contribution in [0.2, 0.25) is 0 Å². The fraction of sp³-hybridized carbons (Fsp3) is 0.450. The first-order valence-corrected chi connectivity index (χ1v) is 16.6. The van der Waals surface area contributed by atoms with E-state index >= 15 is 0 Å². The van der Waals surface area contributed by atoms with Gasteiger partial charge in [-0.2, -0.15) is 0 Å². The van der Waals surface area contributed by atoms with Crippen molar-refractivity contribution < 1.29 is 24.2 Å². The highest BCUT2D eigenvalue weighted by molar-refractivity contribution is 5.88. The Bertz CT molecular complexity index is 1400. The van der Waals surface area contributed by atoms with Crippen molar-refractivity contribution in [3.63, 3.8) is 0 Å². The minimum absolute atomic E-state index is 0.00595. The molecule has 0 saturated carbocycles. The van der Waals surface area contributed by atoms with E-state index in [9.17, 15) is 9.59 Å². The van der Waals surface area contributed by atoms with Crippen molar-refractivity contribution in [1.82, 2.24) is 0 Å². The number of aliphatic hydroxyl groups is 1. The maximum atomic E-state index is 12.0. The largest absolute Gasteiger partial charge is 0.462 e. The molecule has 0 spiro atoms. The number of benzene rings is 3. The molecule has 0 aliphatic carbocycles. The summed E-state index contributed by atoms with van der Waals surface area (Å²) in [5, 5.41) is 11.8. The van der Waals surface area contributed by atoms with Gasteiger partial charge in [-0.1, -0.05) is 107 Å². The number of ether oxygens (including phenoxy) is 2. The highest BCUT2D eigenvalue weighted by atomic mass is 16.5. The third-order valence-corrected chi connectivity index (χ3v) is 8.58. The second kappa shape index (κ2) is 19.0. The van der Waals surface area contributed by atoms with Crippen molar-refractivity contribution in [3.8, 4) is 0 Å². The molecule has 0 amide bonds. The Kier molecular flexibility index (Phi) is 15.1. The number of carbonyl (C=O) groups is 2. The second-order valence-electron chi connectivity index (χ2n) is 12.5. The van der Waals surface area contributed by atoms with Crippen LogP contribution in [0.15, 0.2) is 85.0 Å². The lowest BCUT2D eigenvalue weighted by atomic mass is 9.89. The van der Waals surface area contributed by atoms with E-state index in [0.717, 1.165) is 44.9 Å². The van der Waals surface area contributed by atoms with Gasteiger partial charge >= 0.3 is 11.9 Å². The number of aryl methyl sites for hydroxylation is 3. The zero-order valence-electron chi connectivity index (χ0n) is 27.6. The summed E-state index contributed by atoms with van der Waals surface area (Å²) >= 11 is 0. The van der Waals surface area contributed by atoms with Gasteiger partial charge in [0.05, 0.1) is 25.4 Å². The maximum absolute atomic E-state index is 12.0. The van der Waals surface area contributed by atoms with E-state index in [0.29, 0.717) is 11.5 Å². The van der Waals surface area contributed by atoms with Gasteiger partial charge in [0, 0.05) is 11.5 Å². The first-order chi connectivity index (χ1) is 21.7. The first-order valence-electron chi connectivity index (χ1n) is 16.6. The summed E-state index contributed by atoms with van der Waals surface area (Å²) in [6.07, 6.45) is 10.6. The summed E-state index contributed by atoms with van der Waals surface area (Å²) in [6, 6.07) is 22.8. The van der Waals surface area contributed by atoms with Gasteiger partial charge in [-0.3, -0.25) is 0 Å². The van der Waals surface area contributed by atoms with Crippen molar-refractivity contribution in [2.45, 2.75) is 85.0 Å². The van der Waals surface area contributed by atoms with Crippen LogP contribution in [0, 0.1) is 11.8 Å². The zero-order chi connectivity index (χ0) is 32.6. The van der Waals surface area contributed by atoms with Gasteiger partial charge in [-0.25, -0.2) is 9.59 Å². The van der Waals surface area contributed by atoms with Crippen LogP contribution >= 0.6 is 0 Å². The number of rotatable bonds is 20. The summed E-state index contributed by atoms with van der Waals surface area (Å²) in [4.78, 5) is 24.0. The molecule has 0 fully saturated rings. The predicted molar refractivity (Wildman–Crippen MR) is 184 cm³/mol. The Hall–Kier alpha value is -3.70. The molecule has 0 saturated heterocycles. The van der Waals surface area contributed by atoms with Crippen LogP contribution in [0.5, 0.6) is 0 Å². The fourth-order valence-corrected chi connectivity index (χ4v) is 5.51. The molecule has 3 aromatic carbocycles. The number of aliphatic hydroxyl groups excluding tert-OH is 1.